The summed E-state index contributed by atoms with van der Waals surface area (Å²) in [6.45, 7) is 9.13. The molecule has 0 amide bonds. The van der Waals surface area contributed by atoms with Gasteiger partial charge in [0.2, 0.25) is 0 Å². The third-order valence-electron chi connectivity index (χ3n) is 6.57. The Bertz CT molecular complexity index is 951. The van der Waals surface area contributed by atoms with Crippen LogP contribution in [0, 0.1) is 5.41 Å². The Labute approximate surface area is 193 Å². The molecule has 4 rings (SSSR count). The summed E-state index contributed by atoms with van der Waals surface area (Å²) in [7, 11) is -0.847. The van der Waals surface area contributed by atoms with E-state index >= 15 is 0 Å². The van der Waals surface area contributed by atoms with Crippen molar-refractivity contribution in [1.82, 2.24) is 0 Å². The van der Waals surface area contributed by atoms with Gasteiger partial charge in [-0.2, -0.15) is 0 Å². The van der Waals surface area contributed by atoms with Crippen LogP contribution in [0.15, 0.2) is 84.9 Å². The summed E-state index contributed by atoms with van der Waals surface area (Å²) in [6.07, 6.45) is 0.940. The average Bonchev–Trinajstić information content (AvgIpc) is 2.78. The molecule has 0 aliphatic carbocycles. The highest BCUT2D eigenvalue weighted by Crippen LogP contribution is 2.40. The van der Waals surface area contributed by atoms with Crippen molar-refractivity contribution >= 4 is 18.7 Å². The molecule has 0 atom stereocenters. The zero-order chi connectivity index (χ0) is 22.7. The van der Waals surface area contributed by atoms with Gasteiger partial charge >= 0.3 is 0 Å². The molecular formula is C28H34O3Si. The minimum atomic E-state index is -2.55. The van der Waals surface area contributed by atoms with Crippen LogP contribution in [0.2, 0.25) is 5.04 Å². The zero-order valence-electron chi connectivity index (χ0n) is 19.6. The number of hydrogen-bond acceptors (Lipinski definition) is 3. The highest BCUT2D eigenvalue weighted by molar-refractivity contribution is 6.99. The van der Waals surface area contributed by atoms with Gasteiger partial charge in [-0.25, -0.2) is 0 Å². The van der Waals surface area contributed by atoms with Gasteiger partial charge in [0, 0.05) is 12.0 Å². The summed E-state index contributed by atoms with van der Waals surface area (Å²) in [5.74, 6) is 0.885. The first kappa shape index (κ1) is 22.8. The van der Waals surface area contributed by atoms with Crippen molar-refractivity contribution in [1.29, 1.82) is 0 Å². The maximum absolute atomic E-state index is 7.22. The Kier molecular flexibility index (Phi) is 6.56. The van der Waals surface area contributed by atoms with Gasteiger partial charge in [0.05, 0.1) is 20.3 Å². The van der Waals surface area contributed by atoms with Crippen molar-refractivity contribution in [2.75, 3.05) is 26.9 Å². The first-order chi connectivity index (χ1) is 15.4. The molecule has 3 aromatic carbocycles. The first-order valence-corrected chi connectivity index (χ1v) is 13.3. The van der Waals surface area contributed by atoms with Gasteiger partial charge in [-0.05, 0) is 39.5 Å². The normalized spacial score (nSPS) is 15.8. The smallest absolute Gasteiger partial charge is 0.261 e. The molecule has 1 fully saturated rings. The Hall–Kier alpha value is -2.40. The molecule has 0 bridgehead atoms. The number of ether oxygens (including phenoxy) is 2. The predicted octanol–water partition coefficient (Wildman–Crippen LogP) is 4.83. The van der Waals surface area contributed by atoms with E-state index < -0.39 is 8.32 Å². The van der Waals surface area contributed by atoms with Gasteiger partial charge in [-0.1, -0.05) is 93.6 Å². The van der Waals surface area contributed by atoms with Crippen LogP contribution in [-0.4, -0.2) is 35.2 Å². The Morgan fingerprint density at radius 1 is 0.812 bits per heavy atom. The van der Waals surface area contributed by atoms with E-state index in [-0.39, 0.29) is 10.5 Å². The lowest BCUT2D eigenvalue weighted by atomic mass is 9.80. The summed E-state index contributed by atoms with van der Waals surface area (Å²) >= 11 is 0. The first-order valence-electron chi connectivity index (χ1n) is 11.3. The van der Waals surface area contributed by atoms with Crippen molar-refractivity contribution in [2.45, 2.75) is 32.2 Å². The fraction of sp³-hybridized carbons (Fsp3) is 0.357. The zero-order valence-corrected chi connectivity index (χ0v) is 20.6. The molecule has 1 saturated heterocycles. The van der Waals surface area contributed by atoms with Crippen LogP contribution in [0.1, 0.15) is 26.3 Å². The molecule has 1 heterocycles. The van der Waals surface area contributed by atoms with Gasteiger partial charge in [-0.3, -0.25) is 0 Å². The molecule has 0 saturated carbocycles. The second kappa shape index (κ2) is 9.22. The third-order valence-corrected chi connectivity index (χ3v) is 11.5. The van der Waals surface area contributed by atoms with E-state index in [0.717, 1.165) is 25.4 Å². The van der Waals surface area contributed by atoms with E-state index in [2.05, 4.69) is 93.6 Å². The summed E-state index contributed by atoms with van der Waals surface area (Å²) in [6, 6.07) is 30.1. The lowest BCUT2D eigenvalue weighted by Gasteiger charge is -2.48. The van der Waals surface area contributed by atoms with Crippen molar-refractivity contribution in [3.8, 4) is 5.75 Å². The van der Waals surface area contributed by atoms with Crippen molar-refractivity contribution in [3.05, 3.63) is 90.5 Å². The van der Waals surface area contributed by atoms with Crippen LogP contribution >= 0.6 is 0 Å². The molecule has 0 unspecified atom stereocenters. The molecule has 1 aliphatic rings. The topological polar surface area (TPSA) is 27.7 Å². The van der Waals surface area contributed by atoms with Crippen molar-refractivity contribution in [2.24, 2.45) is 5.41 Å². The Morgan fingerprint density at radius 2 is 1.34 bits per heavy atom. The van der Waals surface area contributed by atoms with E-state index in [1.54, 1.807) is 7.11 Å². The molecule has 0 aromatic heterocycles. The second-order valence-electron chi connectivity index (χ2n) is 9.97. The van der Waals surface area contributed by atoms with E-state index in [9.17, 15) is 0 Å². The fourth-order valence-corrected chi connectivity index (χ4v) is 9.50. The summed E-state index contributed by atoms with van der Waals surface area (Å²) in [4.78, 5) is 0. The maximum Gasteiger partial charge on any atom is 0.261 e. The van der Waals surface area contributed by atoms with Crippen molar-refractivity contribution in [3.63, 3.8) is 0 Å². The van der Waals surface area contributed by atoms with Gasteiger partial charge < -0.3 is 13.9 Å². The highest BCUT2D eigenvalue weighted by atomic mass is 28.4. The van der Waals surface area contributed by atoms with Crippen LogP contribution in [0.25, 0.3) is 0 Å². The highest BCUT2D eigenvalue weighted by Gasteiger charge is 2.52. The van der Waals surface area contributed by atoms with Crippen LogP contribution in [0.5, 0.6) is 5.75 Å². The summed E-state index contributed by atoms with van der Waals surface area (Å²) in [5.41, 5.74) is 1.29. The van der Waals surface area contributed by atoms with E-state index in [4.69, 9.17) is 13.9 Å². The summed E-state index contributed by atoms with van der Waals surface area (Å²) < 4.78 is 18.3. The van der Waals surface area contributed by atoms with Crippen molar-refractivity contribution < 1.29 is 13.9 Å². The van der Waals surface area contributed by atoms with E-state index in [1.807, 2.05) is 12.1 Å². The molecule has 1 aliphatic heterocycles. The van der Waals surface area contributed by atoms with Gasteiger partial charge in [0.15, 0.2) is 0 Å². The number of hydrogen-bond donors (Lipinski definition) is 0. The van der Waals surface area contributed by atoms with Gasteiger partial charge in [0.25, 0.3) is 8.32 Å². The molecule has 0 spiro atoms. The minimum Gasteiger partial charge on any atom is -0.497 e. The second-order valence-corrected chi connectivity index (χ2v) is 14.3. The maximum atomic E-state index is 7.22. The Morgan fingerprint density at radius 3 is 1.75 bits per heavy atom. The molecule has 32 heavy (non-hydrogen) atoms. The molecule has 0 N–H and O–H groups in total. The van der Waals surface area contributed by atoms with Crippen LogP contribution in [0.3, 0.4) is 0 Å². The van der Waals surface area contributed by atoms with Crippen LogP contribution in [0.4, 0.5) is 0 Å². The SMILES string of the molecule is COc1ccc(CC2(CO[Si](c3ccccc3)(c3ccccc3)C(C)(C)C)COC2)cc1. The fourth-order valence-electron chi connectivity index (χ4n) is 4.83. The molecular weight excluding hydrogens is 412 g/mol. The Balaban J connectivity index is 1.68. The lowest BCUT2D eigenvalue weighted by Crippen LogP contribution is -2.68. The third kappa shape index (κ3) is 4.40. The number of methoxy groups -OCH3 is 1. The molecule has 3 aromatic rings. The molecule has 168 valence electrons. The van der Waals surface area contributed by atoms with Gasteiger partial charge in [0.1, 0.15) is 5.75 Å². The lowest BCUT2D eigenvalue weighted by molar-refractivity contribution is -0.132. The summed E-state index contributed by atoms with van der Waals surface area (Å²) in [5, 5.41) is 2.61. The number of benzene rings is 3. The van der Waals surface area contributed by atoms with Gasteiger partial charge in [-0.15, -0.1) is 0 Å². The molecule has 0 radical (unpaired) electrons. The molecule has 4 heteroatoms. The average molecular weight is 447 g/mol. The number of rotatable bonds is 8. The predicted molar refractivity (Wildman–Crippen MR) is 134 cm³/mol. The van der Waals surface area contributed by atoms with Crippen LogP contribution < -0.4 is 15.1 Å². The molecule has 3 nitrogen and oxygen atoms in total. The minimum absolute atomic E-state index is 0.00164. The van der Waals surface area contributed by atoms with E-state index in [1.165, 1.54) is 15.9 Å². The monoisotopic (exact) mass is 446 g/mol. The van der Waals surface area contributed by atoms with E-state index in [0.29, 0.717) is 6.61 Å². The van der Waals surface area contributed by atoms with Crippen LogP contribution in [-0.2, 0) is 15.6 Å². The standard InChI is InChI=1S/C28H34O3Si/c1-27(2,3)32(25-11-7-5-8-12-25,26-13-9-6-10-14-26)31-22-28(20-30-21-28)19-23-15-17-24(29-4)18-16-23/h5-18H,19-22H2,1-4H3. The quantitative estimate of drug-likeness (QED) is 0.464. The largest absolute Gasteiger partial charge is 0.497 e.